The highest BCUT2D eigenvalue weighted by atomic mass is 16.5. The van der Waals surface area contributed by atoms with Crippen LogP contribution in [0.5, 0.6) is 11.5 Å². The lowest BCUT2D eigenvalue weighted by atomic mass is 9.83. The highest BCUT2D eigenvalue weighted by molar-refractivity contribution is 5.58. The first-order valence-electron chi connectivity index (χ1n) is 11.3. The predicted octanol–water partition coefficient (Wildman–Crippen LogP) is 3.60. The van der Waals surface area contributed by atoms with Crippen molar-refractivity contribution in [1.29, 1.82) is 5.26 Å². The zero-order chi connectivity index (χ0) is 22.7. The molecule has 1 aromatic carbocycles. The minimum Gasteiger partial charge on any atom is -0.494 e. The third-order valence-corrected chi connectivity index (χ3v) is 6.01. The maximum absolute atomic E-state index is 13.9. The van der Waals surface area contributed by atoms with Gasteiger partial charge in [-0.15, -0.1) is 0 Å². The fourth-order valence-corrected chi connectivity index (χ4v) is 4.59. The number of rotatable bonds is 7. The molecular formula is C25H29N3O4. The molecule has 1 fully saturated rings. The molecule has 32 heavy (non-hydrogen) atoms. The van der Waals surface area contributed by atoms with Gasteiger partial charge in [0.05, 0.1) is 30.7 Å². The number of ether oxygens (including phenoxy) is 3. The van der Waals surface area contributed by atoms with Gasteiger partial charge in [-0.25, -0.2) is 0 Å². The van der Waals surface area contributed by atoms with Gasteiger partial charge in [-0.1, -0.05) is 31.5 Å². The summed E-state index contributed by atoms with van der Waals surface area (Å²) >= 11 is 0. The molecule has 2 atom stereocenters. The SMILES string of the molecule is CCCc1cc2c(c(=O)n1CC1CCCO1)C(c1ccccc1OCC)C(C#N)=C(N)O2. The van der Waals surface area contributed by atoms with Crippen LogP contribution in [0.3, 0.4) is 0 Å². The molecule has 2 N–H and O–H groups in total. The van der Waals surface area contributed by atoms with Crippen molar-refractivity contribution >= 4 is 0 Å². The van der Waals surface area contributed by atoms with Crippen LogP contribution in [-0.2, 0) is 17.7 Å². The van der Waals surface area contributed by atoms with Gasteiger partial charge in [-0.3, -0.25) is 4.79 Å². The summed E-state index contributed by atoms with van der Waals surface area (Å²) in [4.78, 5) is 13.9. The summed E-state index contributed by atoms with van der Waals surface area (Å²) in [6, 6.07) is 11.5. The monoisotopic (exact) mass is 435 g/mol. The molecule has 2 aliphatic rings. The Morgan fingerprint density at radius 1 is 1.31 bits per heavy atom. The third-order valence-electron chi connectivity index (χ3n) is 6.01. The number of nitrogens with two attached hydrogens (primary N) is 1. The number of allylic oxidation sites excluding steroid dienone is 1. The molecule has 2 aromatic rings. The average molecular weight is 436 g/mol. The topological polar surface area (TPSA) is 99.5 Å². The van der Waals surface area contributed by atoms with Crippen LogP contribution in [0, 0.1) is 11.3 Å². The summed E-state index contributed by atoms with van der Waals surface area (Å²) in [5.74, 6) is 0.395. The molecular weight excluding hydrogens is 406 g/mol. The van der Waals surface area contributed by atoms with E-state index in [0.29, 0.717) is 30.2 Å². The zero-order valence-corrected chi connectivity index (χ0v) is 18.6. The Bertz CT molecular complexity index is 1120. The van der Waals surface area contributed by atoms with Gasteiger partial charge in [0.1, 0.15) is 23.1 Å². The second-order valence-corrected chi connectivity index (χ2v) is 8.11. The molecule has 0 aliphatic carbocycles. The molecule has 4 rings (SSSR count). The quantitative estimate of drug-likeness (QED) is 0.713. The Labute approximate surface area is 188 Å². The molecule has 0 amide bonds. The molecule has 2 unspecified atom stereocenters. The molecule has 7 nitrogen and oxygen atoms in total. The average Bonchev–Trinajstić information content (AvgIpc) is 3.30. The Morgan fingerprint density at radius 3 is 2.81 bits per heavy atom. The minimum atomic E-state index is -0.662. The lowest BCUT2D eigenvalue weighted by Gasteiger charge is -2.29. The number of hydrogen-bond acceptors (Lipinski definition) is 6. The van der Waals surface area contributed by atoms with Crippen LogP contribution in [-0.4, -0.2) is 23.9 Å². The molecule has 1 saturated heterocycles. The summed E-state index contributed by atoms with van der Waals surface area (Å²) in [6.45, 7) is 5.65. The zero-order valence-electron chi connectivity index (χ0n) is 18.6. The van der Waals surface area contributed by atoms with Crippen LogP contribution in [0.1, 0.15) is 55.8 Å². The number of nitrogens with zero attached hydrogens (tertiary/aromatic N) is 2. The van der Waals surface area contributed by atoms with Crippen molar-refractivity contribution in [3.63, 3.8) is 0 Å². The number of hydrogen-bond donors (Lipinski definition) is 1. The normalized spacial score (nSPS) is 19.9. The van der Waals surface area contributed by atoms with Crippen molar-refractivity contribution in [2.45, 2.75) is 58.1 Å². The van der Waals surface area contributed by atoms with Crippen molar-refractivity contribution in [1.82, 2.24) is 4.57 Å². The number of para-hydroxylation sites is 1. The van der Waals surface area contributed by atoms with Gasteiger partial charge in [0.2, 0.25) is 5.88 Å². The first-order valence-corrected chi connectivity index (χ1v) is 11.3. The van der Waals surface area contributed by atoms with Gasteiger partial charge in [0.15, 0.2) is 0 Å². The van der Waals surface area contributed by atoms with E-state index < -0.39 is 5.92 Å². The number of aromatic nitrogens is 1. The Morgan fingerprint density at radius 2 is 2.12 bits per heavy atom. The number of nitriles is 1. The van der Waals surface area contributed by atoms with Gasteiger partial charge in [-0.2, -0.15) is 5.26 Å². The van der Waals surface area contributed by atoms with Crippen LogP contribution < -0.4 is 20.8 Å². The van der Waals surface area contributed by atoms with Gasteiger partial charge in [0, 0.05) is 23.9 Å². The third kappa shape index (κ3) is 3.98. The fourth-order valence-electron chi connectivity index (χ4n) is 4.59. The van der Waals surface area contributed by atoms with E-state index in [0.717, 1.165) is 43.5 Å². The van der Waals surface area contributed by atoms with E-state index in [1.807, 2.05) is 37.3 Å². The van der Waals surface area contributed by atoms with Crippen molar-refractivity contribution in [3.8, 4) is 17.6 Å². The van der Waals surface area contributed by atoms with Gasteiger partial charge in [-0.05, 0) is 32.3 Å². The summed E-state index contributed by atoms with van der Waals surface area (Å²) < 4.78 is 19.3. The first-order chi connectivity index (χ1) is 15.6. The molecule has 0 saturated carbocycles. The lowest BCUT2D eigenvalue weighted by Crippen LogP contribution is -2.35. The van der Waals surface area contributed by atoms with Crippen LogP contribution in [0.15, 0.2) is 46.6 Å². The van der Waals surface area contributed by atoms with Crippen molar-refractivity contribution < 1.29 is 14.2 Å². The molecule has 1 aromatic heterocycles. The number of benzene rings is 1. The second-order valence-electron chi connectivity index (χ2n) is 8.11. The van der Waals surface area contributed by atoms with Gasteiger partial charge in [0.25, 0.3) is 5.56 Å². The van der Waals surface area contributed by atoms with Crippen molar-refractivity contribution in [3.05, 3.63) is 69.0 Å². The van der Waals surface area contributed by atoms with Crippen LogP contribution in [0.2, 0.25) is 0 Å². The molecule has 168 valence electrons. The number of fused-ring (bicyclic) bond motifs is 1. The molecule has 7 heteroatoms. The van der Waals surface area contributed by atoms with E-state index in [9.17, 15) is 10.1 Å². The van der Waals surface area contributed by atoms with Crippen LogP contribution in [0.25, 0.3) is 0 Å². The molecule has 3 heterocycles. The molecule has 2 aliphatic heterocycles. The second kappa shape index (κ2) is 9.49. The van der Waals surface area contributed by atoms with E-state index >= 15 is 0 Å². The maximum atomic E-state index is 13.9. The summed E-state index contributed by atoms with van der Waals surface area (Å²) in [6.07, 6.45) is 3.55. The number of pyridine rings is 1. The Balaban J connectivity index is 1.93. The molecule has 0 bridgehead atoms. The van der Waals surface area contributed by atoms with E-state index in [2.05, 4.69) is 13.0 Å². The Hall–Kier alpha value is -3.24. The van der Waals surface area contributed by atoms with E-state index in [-0.39, 0.29) is 23.1 Å². The molecule has 0 radical (unpaired) electrons. The predicted molar refractivity (Wildman–Crippen MR) is 121 cm³/mol. The maximum Gasteiger partial charge on any atom is 0.258 e. The summed E-state index contributed by atoms with van der Waals surface area (Å²) in [5, 5.41) is 9.93. The van der Waals surface area contributed by atoms with E-state index in [1.54, 1.807) is 4.57 Å². The summed E-state index contributed by atoms with van der Waals surface area (Å²) in [7, 11) is 0. The van der Waals surface area contributed by atoms with Crippen molar-refractivity contribution in [2.24, 2.45) is 5.73 Å². The highest BCUT2D eigenvalue weighted by Gasteiger charge is 2.36. The largest absolute Gasteiger partial charge is 0.494 e. The van der Waals surface area contributed by atoms with Crippen molar-refractivity contribution in [2.75, 3.05) is 13.2 Å². The first kappa shape index (κ1) is 22.0. The smallest absolute Gasteiger partial charge is 0.258 e. The van der Waals surface area contributed by atoms with Crippen LogP contribution >= 0.6 is 0 Å². The van der Waals surface area contributed by atoms with Crippen LogP contribution in [0.4, 0.5) is 0 Å². The fraction of sp³-hybridized carbons (Fsp3) is 0.440. The number of aryl methyl sites for hydroxylation is 1. The van der Waals surface area contributed by atoms with Gasteiger partial charge < -0.3 is 24.5 Å². The van der Waals surface area contributed by atoms with Gasteiger partial charge >= 0.3 is 0 Å². The summed E-state index contributed by atoms with van der Waals surface area (Å²) in [5.41, 5.74) is 8.24. The molecule has 0 spiro atoms. The standard InChI is InChI=1S/C25H29N3O4/c1-3-8-16-13-21-23(25(29)28(16)15-17-9-7-12-31-17)22(19(14-26)24(27)32-21)18-10-5-6-11-20(18)30-4-2/h5-6,10-11,13,17,22H,3-4,7-9,12,15,27H2,1-2H3. The van der Waals surface area contributed by atoms with E-state index in [4.69, 9.17) is 19.9 Å². The lowest BCUT2D eigenvalue weighted by molar-refractivity contribution is 0.0952. The highest BCUT2D eigenvalue weighted by Crippen LogP contribution is 2.43. The van der Waals surface area contributed by atoms with E-state index in [1.165, 1.54) is 0 Å². The Kier molecular flexibility index (Phi) is 6.52. The minimum absolute atomic E-state index is 0.0103.